The fourth-order valence-corrected chi connectivity index (χ4v) is 2.12. The van der Waals surface area contributed by atoms with Crippen LogP contribution in [0.3, 0.4) is 0 Å². The van der Waals surface area contributed by atoms with Gasteiger partial charge in [-0.1, -0.05) is 19.0 Å². The summed E-state index contributed by atoms with van der Waals surface area (Å²) in [4.78, 5) is 4.44. The van der Waals surface area contributed by atoms with Crippen LogP contribution in [0.4, 0.5) is 0 Å². The van der Waals surface area contributed by atoms with Crippen LogP contribution in [-0.2, 0) is 16.9 Å². The molecule has 1 saturated heterocycles. The lowest BCUT2D eigenvalue weighted by molar-refractivity contribution is -0.0770. The molecule has 102 valence electrons. The molecule has 0 spiro atoms. The van der Waals surface area contributed by atoms with Gasteiger partial charge in [-0.2, -0.15) is 4.98 Å². The summed E-state index contributed by atoms with van der Waals surface area (Å²) in [6.45, 7) is 8.74. The number of hydrogen-bond acceptors (Lipinski definition) is 5. The number of hydrogen-bond donors (Lipinski definition) is 1. The lowest BCUT2D eigenvalue weighted by atomic mass is 9.95. The van der Waals surface area contributed by atoms with Crippen LogP contribution >= 0.6 is 0 Å². The van der Waals surface area contributed by atoms with Crippen LogP contribution < -0.4 is 5.32 Å². The van der Waals surface area contributed by atoms with Crippen molar-refractivity contribution in [2.45, 2.75) is 52.2 Å². The van der Waals surface area contributed by atoms with Crippen molar-refractivity contribution < 1.29 is 9.26 Å². The monoisotopic (exact) mass is 253 g/mol. The van der Waals surface area contributed by atoms with Crippen LogP contribution in [0.1, 0.15) is 51.7 Å². The fraction of sp³-hybridized carbons (Fsp3) is 0.846. The molecule has 1 N–H and O–H groups in total. The quantitative estimate of drug-likeness (QED) is 0.872. The Balaban J connectivity index is 1.92. The first kappa shape index (κ1) is 13.5. The first-order chi connectivity index (χ1) is 8.60. The normalized spacial score (nSPS) is 24.7. The van der Waals surface area contributed by atoms with Gasteiger partial charge in [0.2, 0.25) is 11.7 Å². The molecule has 1 aromatic rings. The highest BCUT2D eigenvalue weighted by molar-refractivity contribution is 5.00. The van der Waals surface area contributed by atoms with Gasteiger partial charge in [0.05, 0.1) is 6.54 Å². The highest BCUT2D eigenvalue weighted by atomic mass is 16.5. The largest absolute Gasteiger partial charge is 0.367 e. The molecule has 0 amide bonds. The Kier molecular flexibility index (Phi) is 4.35. The molecule has 5 heteroatoms. The zero-order valence-corrected chi connectivity index (χ0v) is 11.5. The van der Waals surface area contributed by atoms with E-state index in [1.165, 1.54) is 0 Å². The third kappa shape index (κ3) is 3.29. The molecular weight excluding hydrogens is 230 g/mol. The number of nitrogens with zero attached hydrogens (tertiary/aromatic N) is 2. The number of rotatable bonds is 5. The Morgan fingerprint density at radius 2 is 2.22 bits per heavy atom. The van der Waals surface area contributed by atoms with Gasteiger partial charge in [-0.25, -0.2) is 0 Å². The number of aromatic nitrogens is 2. The molecule has 2 heterocycles. The Labute approximate surface area is 108 Å². The van der Waals surface area contributed by atoms with Gasteiger partial charge in [0, 0.05) is 6.61 Å². The van der Waals surface area contributed by atoms with E-state index in [-0.39, 0.29) is 5.60 Å². The van der Waals surface area contributed by atoms with E-state index in [1.807, 2.05) is 6.92 Å². The second-order valence-corrected chi connectivity index (χ2v) is 5.57. The van der Waals surface area contributed by atoms with E-state index in [9.17, 15) is 0 Å². The minimum Gasteiger partial charge on any atom is -0.367 e. The van der Waals surface area contributed by atoms with Crippen molar-refractivity contribution in [2.75, 3.05) is 13.2 Å². The van der Waals surface area contributed by atoms with Crippen molar-refractivity contribution in [3.05, 3.63) is 11.7 Å². The molecule has 0 aromatic carbocycles. The van der Waals surface area contributed by atoms with E-state index in [4.69, 9.17) is 9.26 Å². The first-order valence-electron chi connectivity index (χ1n) is 6.78. The molecule has 0 radical (unpaired) electrons. The smallest absolute Gasteiger partial charge is 0.240 e. The lowest BCUT2D eigenvalue weighted by Crippen LogP contribution is -2.31. The van der Waals surface area contributed by atoms with Crippen molar-refractivity contribution in [2.24, 2.45) is 5.92 Å². The van der Waals surface area contributed by atoms with E-state index < -0.39 is 0 Å². The maximum atomic E-state index is 5.80. The summed E-state index contributed by atoms with van der Waals surface area (Å²) in [6, 6.07) is 0. The molecule has 5 nitrogen and oxygen atoms in total. The van der Waals surface area contributed by atoms with Gasteiger partial charge >= 0.3 is 0 Å². The first-order valence-corrected chi connectivity index (χ1v) is 6.78. The Morgan fingerprint density at radius 3 is 2.89 bits per heavy atom. The van der Waals surface area contributed by atoms with Gasteiger partial charge < -0.3 is 14.6 Å². The molecule has 1 fully saturated rings. The van der Waals surface area contributed by atoms with E-state index in [1.54, 1.807) is 0 Å². The second kappa shape index (κ2) is 5.80. The van der Waals surface area contributed by atoms with E-state index in [0.717, 1.165) is 32.4 Å². The molecule has 1 aliphatic rings. The van der Waals surface area contributed by atoms with Gasteiger partial charge in [-0.15, -0.1) is 0 Å². The SMILES string of the molecule is CC(C)CNCc1nc(C2(C)CCCCO2)no1. The molecule has 1 aromatic heterocycles. The number of nitrogens with one attached hydrogen (secondary N) is 1. The maximum Gasteiger partial charge on any atom is 0.240 e. The highest BCUT2D eigenvalue weighted by Gasteiger charge is 2.34. The molecular formula is C13H23N3O2. The minimum atomic E-state index is -0.363. The van der Waals surface area contributed by atoms with Gasteiger partial charge in [-0.3, -0.25) is 0 Å². The average molecular weight is 253 g/mol. The van der Waals surface area contributed by atoms with Crippen LogP contribution in [0.15, 0.2) is 4.52 Å². The van der Waals surface area contributed by atoms with E-state index in [2.05, 4.69) is 29.3 Å². The maximum absolute atomic E-state index is 5.80. The summed E-state index contributed by atoms with van der Waals surface area (Å²) in [6.07, 6.45) is 3.24. The standard InChI is InChI=1S/C13H23N3O2/c1-10(2)8-14-9-11-15-12(16-18-11)13(3)6-4-5-7-17-13/h10,14H,4-9H2,1-3H3. The summed E-state index contributed by atoms with van der Waals surface area (Å²) < 4.78 is 11.1. The van der Waals surface area contributed by atoms with E-state index in [0.29, 0.717) is 24.2 Å². The van der Waals surface area contributed by atoms with Crippen LogP contribution in [0.5, 0.6) is 0 Å². The second-order valence-electron chi connectivity index (χ2n) is 5.57. The summed E-state index contributed by atoms with van der Waals surface area (Å²) in [5, 5.41) is 7.35. The molecule has 1 aliphatic heterocycles. The van der Waals surface area contributed by atoms with Crippen molar-refractivity contribution >= 4 is 0 Å². The fourth-order valence-electron chi connectivity index (χ4n) is 2.12. The molecule has 1 atom stereocenters. The molecule has 0 saturated carbocycles. The highest BCUT2D eigenvalue weighted by Crippen LogP contribution is 2.32. The Bertz CT molecular complexity index is 370. The van der Waals surface area contributed by atoms with Gasteiger partial charge in [-0.05, 0) is 38.6 Å². The third-order valence-electron chi connectivity index (χ3n) is 3.24. The molecule has 2 rings (SSSR count). The van der Waals surface area contributed by atoms with Gasteiger partial charge in [0.25, 0.3) is 0 Å². The Morgan fingerprint density at radius 1 is 1.39 bits per heavy atom. The minimum absolute atomic E-state index is 0.363. The summed E-state index contributed by atoms with van der Waals surface area (Å²) >= 11 is 0. The predicted molar refractivity (Wildman–Crippen MR) is 68.0 cm³/mol. The van der Waals surface area contributed by atoms with Crippen molar-refractivity contribution in [3.63, 3.8) is 0 Å². The molecule has 0 bridgehead atoms. The van der Waals surface area contributed by atoms with E-state index >= 15 is 0 Å². The molecule has 18 heavy (non-hydrogen) atoms. The number of ether oxygens (including phenoxy) is 1. The zero-order valence-electron chi connectivity index (χ0n) is 11.5. The molecule has 0 aliphatic carbocycles. The van der Waals surface area contributed by atoms with Crippen molar-refractivity contribution in [1.29, 1.82) is 0 Å². The van der Waals surface area contributed by atoms with Crippen LogP contribution in [0.2, 0.25) is 0 Å². The topological polar surface area (TPSA) is 60.2 Å². The van der Waals surface area contributed by atoms with Gasteiger partial charge in [0.1, 0.15) is 5.60 Å². The summed E-state index contributed by atoms with van der Waals surface area (Å²) in [7, 11) is 0. The van der Waals surface area contributed by atoms with Gasteiger partial charge in [0.15, 0.2) is 0 Å². The predicted octanol–water partition coefficient (Wildman–Crippen LogP) is 2.23. The van der Waals surface area contributed by atoms with Crippen LogP contribution in [0.25, 0.3) is 0 Å². The van der Waals surface area contributed by atoms with Crippen LogP contribution in [-0.4, -0.2) is 23.3 Å². The summed E-state index contributed by atoms with van der Waals surface area (Å²) in [5.41, 5.74) is -0.363. The average Bonchev–Trinajstić information content (AvgIpc) is 2.79. The zero-order chi connectivity index (χ0) is 13.0. The summed E-state index contributed by atoms with van der Waals surface area (Å²) in [5.74, 6) is 1.94. The van der Waals surface area contributed by atoms with Crippen molar-refractivity contribution in [1.82, 2.24) is 15.5 Å². The van der Waals surface area contributed by atoms with Crippen LogP contribution in [0, 0.1) is 5.92 Å². The lowest BCUT2D eigenvalue weighted by Gasteiger charge is -2.30. The third-order valence-corrected chi connectivity index (χ3v) is 3.24. The van der Waals surface area contributed by atoms with Crippen molar-refractivity contribution in [3.8, 4) is 0 Å². The Hall–Kier alpha value is -0.940. The molecule has 1 unspecified atom stereocenters.